The van der Waals surface area contributed by atoms with Gasteiger partial charge in [0.25, 0.3) is 5.56 Å². The van der Waals surface area contributed by atoms with E-state index in [9.17, 15) is 14.0 Å². The maximum atomic E-state index is 14.4. The predicted octanol–water partition coefficient (Wildman–Crippen LogP) is 3.87. The first-order valence-electron chi connectivity index (χ1n) is 10.2. The van der Waals surface area contributed by atoms with E-state index in [4.69, 9.17) is 32.7 Å². The Bertz CT molecular complexity index is 1460. The fourth-order valence-electron chi connectivity index (χ4n) is 3.65. The van der Waals surface area contributed by atoms with Gasteiger partial charge in [0.2, 0.25) is 0 Å². The van der Waals surface area contributed by atoms with E-state index in [2.05, 4.69) is 4.99 Å². The zero-order chi connectivity index (χ0) is 24.4. The standard InChI is InChI=1S/C24H19Cl2FN2O4S/c1-13-20(23(31)33-11-10-32-2)21(14-6-3-4-7-16(14)25)29-22(30)19(34-24(29)28-13)12-15-17(26)8-5-9-18(15)27/h3-9,12,21H,10-11H2,1-2H3/b19-12-. The number of hydrogen-bond acceptors (Lipinski definition) is 6. The average Bonchev–Trinajstić information content (AvgIpc) is 3.10. The predicted molar refractivity (Wildman–Crippen MR) is 129 cm³/mol. The molecule has 0 fully saturated rings. The van der Waals surface area contributed by atoms with Gasteiger partial charge in [-0.15, -0.1) is 0 Å². The number of allylic oxidation sites excluding steroid dienone is 1. The SMILES string of the molecule is COCCOC(=O)C1=C(C)N=c2s/c(=C\c3c(F)cccc3Cl)c(=O)n2C1c1ccccc1Cl. The summed E-state index contributed by atoms with van der Waals surface area (Å²) in [5.74, 6) is -1.19. The molecule has 0 aliphatic carbocycles. The Hall–Kier alpha value is -2.78. The molecule has 1 aliphatic rings. The molecule has 0 bridgehead atoms. The minimum atomic E-state index is -0.877. The van der Waals surface area contributed by atoms with Gasteiger partial charge in [-0.25, -0.2) is 14.2 Å². The molecule has 0 saturated carbocycles. The maximum Gasteiger partial charge on any atom is 0.338 e. The number of esters is 1. The second-order valence-electron chi connectivity index (χ2n) is 7.37. The van der Waals surface area contributed by atoms with Crippen LogP contribution in [0.2, 0.25) is 10.0 Å². The van der Waals surface area contributed by atoms with Crippen LogP contribution in [0.4, 0.5) is 4.39 Å². The van der Waals surface area contributed by atoms with E-state index in [0.29, 0.717) is 21.1 Å². The maximum absolute atomic E-state index is 14.4. The lowest BCUT2D eigenvalue weighted by atomic mass is 9.96. The van der Waals surface area contributed by atoms with Crippen molar-refractivity contribution in [2.75, 3.05) is 20.3 Å². The summed E-state index contributed by atoms with van der Waals surface area (Å²) >= 11 is 13.7. The van der Waals surface area contributed by atoms with Crippen LogP contribution in [0.15, 0.2) is 63.5 Å². The third-order valence-corrected chi connectivity index (χ3v) is 6.89. The number of hydrogen-bond donors (Lipinski definition) is 0. The first kappa shape index (κ1) is 24.3. The summed E-state index contributed by atoms with van der Waals surface area (Å²) in [4.78, 5) is 31.4. The summed E-state index contributed by atoms with van der Waals surface area (Å²) in [6.45, 7) is 1.93. The molecule has 2 aromatic carbocycles. The number of carbonyl (C=O) groups excluding carboxylic acids is 1. The summed E-state index contributed by atoms with van der Waals surface area (Å²) in [7, 11) is 1.50. The number of aromatic nitrogens is 1. The summed E-state index contributed by atoms with van der Waals surface area (Å²) in [5.41, 5.74) is 0.756. The normalized spacial score (nSPS) is 15.8. The lowest BCUT2D eigenvalue weighted by Gasteiger charge is -2.25. The molecule has 3 aromatic rings. The minimum absolute atomic E-state index is 0.0392. The number of rotatable bonds is 6. The second kappa shape index (κ2) is 10.2. The fourth-order valence-corrected chi connectivity index (χ4v) is 5.13. The average molecular weight is 521 g/mol. The molecule has 10 heteroatoms. The van der Waals surface area contributed by atoms with Crippen molar-refractivity contribution in [1.29, 1.82) is 0 Å². The number of nitrogens with zero attached hydrogens (tertiary/aromatic N) is 2. The molecule has 0 radical (unpaired) electrons. The van der Waals surface area contributed by atoms with Crippen molar-refractivity contribution in [3.05, 3.63) is 100 Å². The molecule has 0 spiro atoms. The topological polar surface area (TPSA) is 69.9 Å². The molecule has 176 valence electrons. The van der Waals surface area contributed by atoms with Gasteiger partial charge in [-0.3, -0.25) is 9.36 Å². The van der Waals surface area contributed by atoms with Gasteiger partial charge in [0, 0.05) is 17.7 Å². The van der Waals surface area contributed by atoms with Crippen LogP contribution in [0, 0.1) is 5.82 Å². The zero-order valence-corrected chi connectivity index (χ0v) is 20.5. The molecular weight excluding hydrogens is 502 g/mol. The molecule has 1 unspecified atom stereocenters. The van der Waals surface area contributed by atoms with Gasteiger partial charge < -0.3 is 9.47 Å². The van der Waals surface area contributed by atoms with Gasteiger partial charge in [0.1, 0.15) is 18.5 Å². The molecule has 4 rings (SSSR count). The van der Waals surface area contributed by atoms with Crippen molar-refractivity contribution >= 4 is 46.6 Å². The number of ether oxygens (including phenoxy) is 2. The third-order valence-electron chi connectivity index (χ3n) is 5.24. The van der Waals surface area contributed by atoms with Crippen LogP contribution in [0.25, 0.3) is 6.08 Å². The van der Waals surface area contributed by atoms with Gasteiger partial charge >= 0.3 is 5.97 Å². The summed E-state index contributed by atoms with van der Waals surface area (Å²) < 4.78 is 26.3. The minimum Gasteiger partial charge on any atom is -0.460 e. The third kappa shape index (κ3) is 4.59. The van der Waals surface area contributed by atoms with Gasteiger partial charge in [0.15, 0.2) is 4.80 Å². The van der Waals surface area contributed by atoms with Gasteiger partial charge in [-0.2, -0.15) is 0 Å². The van der Waals surface area contributed by atoms with Crippen molar-refractivity contribution in [1.82, 2.24) is 4.57 Å². The summed E-state index contributed by atoms with van der Waals surface area (Å²) in [5, 5.41) is 0.545. The zero-order valence-electron chi connectivity index (χ0n) is 18.2. The van der Waals surface area contributed by atoms with Crippen molar-refractivity contribution in [2.45, 2.75) is 13.0 Å². The summed E-state index contributed by atoms with van der Waals surface area (Å²) in [6.07, 6.45) is 1.39. The first-order valence-corrected chi connectivity index (χ1v) is 11.8. The van der Waals surface area contributed by atoms with E-state index in [1.54, 1.807) is 37.3 Å². The Morgan fingerprint density at radius 1 is 1.18 bits per heavy atom. The van der Waals surface area contributed by atoms with Crippen LogP contribution in [0.5, 0.6) is 0 Å². The largest absolute Gasteiger partial charge is 0.460 e. The van der Waals surface area contributed by atoms with Crippen LogP contribution in [0.3, 0.4) is 0 Å². The van der Waals surface area contributed by atoms with Crippen molar-refractivity contribution in [3.63, 3.8) is 0 Å². The molecule has 0 N–H and O–H groups in total. The van der Waals surface area contributed by atoms with Crippen LogP contribution in [0.1, 0.15) is 24.1 Å². The quantitative estimate of drug-likeness (QED) is 0.365. The molecular formula is C24H19Cl2FN2O4S. The fraction of sp³-hybridized carbons (Fsp3) is 0.208. The molecule has 1 atom stereocenters. The van der Waals surface area contributed by atoms with E-state index in [1.165, 1.54) is 29.9 Å². The second-order valence-corrected chi connectivity index (χ2v) is 9.19. The van der Waals surface area contributed by atoms with Crippen molar-refractivity contribution in [2.24, 2.45) is 4.99 Å². The molecule has 2 heterocycles. The summed E-state index contributed by atoms with van der Waals surface area (Å²) in [6, 6.07) is 10.3. The van der Waals surface area contributed by atoms with Crippen LogP contribution < -0.4 is 14.9 Å². The lowest BCUT2D eigenvalue weighted by molar-refractivity contribution is -0.140. The number of fused-ring (bicyclic) bond motifs is 1. The first-order chi connectivity index (χ1) is 16.3. The molecule has 34 heavy (non-hydrogen) atoms. The monoisotopic (exact) mass is 520 g/mol. The molecule has 1 aliphatic heterocycles. The Morgan fingerprint density at radius 2 is 1.91 bits per heavy atom. The Kier molecular flexibility index (Phi) is 7.33. The van der Waals surface area contributed by atoms with Gasteiger partial charge in [-0.05, 0) is 36.8 Å². The Morgan fingerprint density at radius 3 is 2.62 bits per heavy atom. The van der Waals surface area contributed by atoms with E-state index in [1.807, 2.05) is 0 Å². The highest BCUT2D eigenvalue weighted by atomic mass is 35.5. The number of benzene rings is 2. The Labute approximate surface area is 208 Å². The smallest absolute Gasteiger partial charge is 0.338 e. The lowest BCUT2D eigenvalue weighted by Crippen LogP contribution is -2.40. The van der Waals surface area contributed by atoms with Crippen LogP contribution >= 0.6 is 34.5 Å². The highest BCUT2D eigenvalue weighted by Crippen LogP contribution is 2.34. The van der Waals surface area contributed by atoms with E-state index < -0.39 is 23.4 Å². The van der Waals surface area contributed by atoms with Crippen molar-refractivity contribution in [3.8, 4) is 0 Å². The molecule has 6 nitrogen and oxygen atoms in total. The number of thiazole rings is 1. The van der Waals surface area contributed by atoms with E-state index in [-0.39, 0.29) is 33.9 Å². The van der Waals surface area contributed by atoms with Gasteiger partial charge in [-0.1, -0.05) is 58.8 Å². The van der Waals surface area contributed by atoms with Crippen LogP contribution in [-0.2, 0) is 14.3 Å². The molecule has 1 aromatic heterocycles. The van der Waals surface area contributed by atoms with Crippen molar-refractivity contribution < 1.29 is 18.7 Å². The van der Waals surface area contributed by atoms with Crippen LogP contribution in [-0.4, -0.2) is 30.9 Å². The highest BCUT2D eigenvalue weighted by Gasteiger charge is 2.34. The number of carbonyl (C=O) groups is 1. The highest BCUT2D eigenvalue weighted by molar-refractivity contribution is 7.07. The molecule has 0 amide bonds. The Balaban J connectivity index is 1.94. The van der Waals surface area contributed by atoms with E-state index in [0.717, 1.165) is 11.3 Å². The van der Waals surface area contributed by atoms with Gasteiger partial charge in [0.05, 0.1) is 27.4 Å². The van der Waals surface area contributed by atoms with E-state index >= 15 is 0 Å². The number of halogens is 3. The molecule has 0 saturated heterocycles. The number of methoxy groups -OCH3 is 1.